The first kappa shape index (κ1) is 14.4. The molecule has 98 valence electrons. The van der Waals surface area contributed by atoms with Crippen LogP contribution in [-0.2, 0) is 4.74 Å². The lowest BCUT2D eigenvalue weighted by molar-refractivity contribution is 0.0142. The molecule has 0 aromatic heterocycles. The summed E-state index contributed by atoms with van der Waals surface area (Å²) < 4.78 is 5.72. The molecule has 0 radical (unpaired) electrons. The van der Waals surface area contributed by atoms with Gasteiger partial charge in [0, 0.05) is 12.6 Å². The van der Waals surface area contributed by atoms with Gasteiger partial charge < -0.3 is 9.84 Å². The van der Waals surface area contributed by atoms with Crippen molar-refractivity contribution in [1.29, 1.82) is 0 Å². The molecule has 1 saturated heterocycles. The predicted octanol–water partition coefficient (Wildman–Crippen LogP) is 3.08. The zero-order valence-electron chi connectivity index (χ0n) is 11.0. The first-order valence-corrected chi connectivity index (χ1v) is 6.78. The Labute approximate surface area is 105 Å². The lowest BCUT2D eigenvalue weighted by Crippen LogP contribution is -2.18. The molecule has 1 heterocycles. The first-order chi connectivity index (χ1) is 8.27. The van der Waals surface area contributed by atoms with Crippen molar-refractivity contribution in [2.24, 2.45) is 4.99 Å². The predicted molar refractivity (Wildman–Crippen MR) is 71.3 cm³/mol. The van der Waals surface area contributed by atoms with Gasteiger partial charge in [0.1, 0.15) is 6.10 Å². The monoisotopic (exact) mass is 239 g/mol. The Hall–Kier alpha value is -0.670. The van der Waals surface area contributed by atoms with E-state index >= 15 is 0 Å². The van der Waals surface area contributed by atoms with Gasteiger partial charge in [-0.2, -0.15) is 0 Å². The standard InChI is InChI=1S/C14H25NO2/c1-3-5-7-8-9-12-11-13(16)14(17-12)15-10-6-4-2/h5,7,10,12-14,16H,3-4,6,8-9,11H2,1-2H3/b7-5+,15-10+/t12-,13+,14-/m1/s1. The molecule has 0 aliphatic carbocycles. The number of hydrogen-bond donors (Lipinski definition) is 1. The summed E-state index contributed by atoms with van der Waals surface area (Å²) in [5.74, 6) is 0. The number of unbranched alkanes of at least 4 members (excludes halogenated alkanes) is 1. The van der Waals surface area contributed by atoms with Gasteiger partial charge in [-0.15, -0.1) is 0 Å². The first-order valence-electron chi connectivity index (χ1n) is 6.78. The second-order valence-corrected chi connectivity index (χ2v) is 4.53. The lowest BCUT2D eigenvalue weighted by Gasteiger charge is -2.09. The van der Waals surface area contributed by atoms with Crippen LogP contribution in [-0.4, -0.2) is 29.8 Å². The van der Waals surface area contributed by atoms with Crippen LogP contribution in [0.5, 0.6) is 0 Å². The molecule has 0 bridgehead atoms. The second kappa shape index (κ2) is 8.43. The fourth-order valence-electron chi connectivity index (χ4n) is 1.92. The molecule has 1 aliphatic heterocycles. The molecule has 0 aromatic rings. The Kier molecular flexibility index (Phi) is 7.13. The third-order valence-electron chi connectivity index (χ3n) is 2.89. The van der Waals surface area contributed by atoms with Crippen molar-refractivity contribution in [3.63, 3.8) is 0 Å². The zero-order valence-corrected chi connectivity index (χ0v) is 11.0. The van der Waals surface area contributed by atoms with Gasteiger partial charge in [-0.1, -0.05) is 32.4 Å². The lowest BCUT2D eigenvalue weighted by atomic mass is 10.1. The summed E-state index contributed by atoms with van der Waals surface area (Å²) in [4.78, 5) is 4.27. The van der Waals surface area contributed by atoms with Gasteiger partial charge in [0.15, 0.2) is 6.23 Å². The molecule has 3 atom stereocenters. The summed E-state index contributed by atoms with van der Waals surface area (Å²) >= 11 is 0. The van der Waals surface area contributed by atoms with E-state index in [-0.39, 0.29) is 12.3 Å². The van der Waals surface area contributed by atoms with Crippen LogP contribution in [0.2, 0.25) is 0 Å². The van der Waals surface area contributed by atoms with E-state index < -0.39 is 6.10 Å². The molecule has 3 nitrogen and oxygen atoms in total. The van der Waals surface area contributed by atoms with Crippen molar-refractivity contribution >= 4 is 6.21 Å². The van der Waals surface area contributed by atoms with Crippen LogP contribution in [0.3, 0.4) is 0 Å². The van der Waals surface area contributed by atoms with Crippen LogP contribution in [0.4, 0.5) is 0 Å². The molecule has 1 N–H and O–H groups in total. The topological polar surface area (TPSA) is 41.8 Å². The summed E-state index contributed by atoms with van der Waals surface area (Å²) in [6, 6.07) is 0. The Morgan fingerprint density at radius 1 is 1.29 bits per heavy atom. The van der Waals surface area contributed by atoms with Gasteiger partial charge in [-0.05, 0) is 25.7 Å². The van der Waals surface area contributed by atoms with Gasteiger partial charge in [-0.3, -0.25) is 4.99 Å². The van der Waals surface area contributed by atoms with E-state index in [4.69, 9.17) is 4.74 Å². The van der Waals surface area contributed by atoms with Crippen LogP contribution in [0.15, 0.2) is 17.1 Å². The Bertz CT molecular complexity index is 251. The van der Waals surface area contributed by atoms with E-state index in [2.05, 4.69) is 31.0 Å². The number of hydrogen-bond acceptors (Lipinski definition) is 3. The van der Waals surface area contributed by atoms with E-state index in [1.165, 1.54) is 0 Å². The molecular formula is C14H25NO2. The van der Waals surface area contributed by atoms with Crippen LogP contribution in [0, 0.1) is 0 Å². The van der Waals surface area contributed by atoms with Gasteiger partial charge in [0.25, 0.3) is 0 Å². The number of allylic oxidation sites excluding steroid dienone is 2. The summed E-state index contributed by atoms with van der Waals surface area (Å²) in [7, 11) is 0. The number of nitrogens with zero attached hydrogens (tertiary/aromatic N) is 1. The number of ether oxygens (including phenoxy) is 1. The van der Waals surface area contributed by atoms with Crippen LogP contribution < -0.4 is 0 Å². The Morgan fingerprint density at radius 3 is 2.82 bits per heavy atom. The molecule has 3 heteroatoms. The zero-order chi connectivity index (χ0) is 12.5. The van der Waals surface area contributed by atoms with Crippen LogP contribution >= 0.6 is 0 Å². The van der Waals surface area contributed by atoms with E-state index in [1.807, 2.05) is 6.21 Å². The molecule has 0 amide bonds. The van der Waals surface area contributed by atoms with Crippen molar-refractivity contribution in [2.75, 3.05) is 0 Å². The molecule has 1 rings (SSSR count). The van der Waals surface area contributed by atoms with E-state index in [0.29, 0.717) is 6.42 Å². The average Bonchev–Trinajstić information content (AvgIpc) is 2.66. The Balaban J connectivity index is 2.25. The van der Waals surface area contributed by atoms with Crippen molar-refractivity contribution in [3.05, 3.63) is 12.2 Å². The molecular weight excluding hydrogens is 214 g/mol. The molecule has 0 saturated carbocycles. The minimum Gasteiger partial charge on any atom is -0.388 e. The summed E-state index contributed by atoms with van der Waals surface area (Å²) in [6.07, 6.45) is 11.5. The number of rotatable bonds is 7. The summed E-state index contributed by atoms with van der Waals surface area (Å²) in [6.45, 7) is 4.24. The number of aliphatic imine (C=N–C) groups is 1. The number of aliphatic hydroxyl groups excluding tert-OH is 1. The van der Waals surface area contributed by atoms with Crippen molar-refractivity contribution in [3.8, 4) is 0 Å². The Morgan fingerprint density at radius 2 is 2.12 bits per heavy atom. The quantitative estimate of drug-likeness (QED) is 0.548. The maximum atomic E-state index is 9.80. The minimum absolute atomic E-state index is 0.162. The second-order valence-electron chi connectivity index (χ2n) is 4.53. The van der Waals surface area contributed by atoms with Crippen molar-refractivity contribution in [2.45, 2.75) is 70.8 Å². The van der Waals surface area contributed by atoms with Gasteiger partial charge >= 0.3 is 0 Å². The molecule has 1 aliphatic rings. The maximum absolute atomic E-state index is 9.80. The van der Waals surface area contributed by atoms with Crippen molar-refractivity contribution < 1.29 is 9.84 Å². The molecule has 1 fully saturated rings. The van der Waals surface area contributed by atoms with Crippen LogP contribution in [0.25, 0.3) is 0 Å². The maximum Gasteiger partial charge on any atom is 0.173 e. The van der Waals surface area contributed by atoms with Gasteiger partial charge in [0.2, 0.25) is 0 Å². The fraction of sp³-hybridized carbons (Fsp3) is 0.786. The van der Waals surface area contributed by atoms with E-state index in [9.17, 15) is 5.11 Å². The molecule has 0 spiro atoms. The average molecular weight is 239 g/mol. The highest BCUT2D eigenvalue weighted by molar-refractivity contribution is 5.57. The van der Waals surface area contributed by atoms with Crippen LogP contribution in [0.1, 0.15) is 52.4 Å². The van der Waals surface area contributed by atoms with Crippen molar-refractivity contribution in [1.82, 2.24) is 0 Å². The molecule has 17 heavy (non-hydrogen) atoms. The fourth-order valence-corrected chi connectivity index (χ4v) is 1.92. The third-order valence-corrected chi connectivity index (χ3v) is 2.89. The van der Waals surface area contributed by atoms with E-state index in [0.717, 1.165) is 32.1 Å². The minimum atomic E-state index is -0.428. The summed E-state index contributed by atoms with van der Waals surface area (Å²) in [5.41, 5.74) is 0. The highest BCUT2D eigenvalue weighted by atomic mass is 16.5. The highest BCUT2D eigenvalue weighted by Gasteiger charge is 2.32. The largest absolute Gasteiger partial charge is 0.388 e. The van der Waals surface area contributed by atoms with Gasteiger partial charge in [-0.25, -0.2) is 0 Å². The molecule has 0 unspecified atom stereocenters. The number of aliphatic hydroxyl groups is 1. The SMILES string of the molecule is CC/C=C/CC[C@@H]1C[C@H](O)[C@H](/N=C/CCC)O1. The normalized spacial score (nSPS) is 29.7. The summed E-state index contributed by atoms with van der Waals surface area (Å²) in [5, 5.41) is 9.80. The molecule has 0 aromatic carbocycles. The van der Waals surface area contributed by atoms with E-state index in [1.54, 1.807) is 0 Å². The van der Waals surface area contributed by atoms with Gasteiger partial charge in [0.05, 0.1) is 6.10 Å². The third kappa shape index (κ3) is 5.46. The highest BCUT2D eigenvalue weighted by Crippen LogP contribution is 2.24. The smallest absolute Gasteiger partial charge is 0.173 e.